The van der Waals surface area contributed by atoms with Crippen molar-refractivity contribution in [1.29, 1.82) is 0 Å². The van der Waals surface area contributed by atoms with Crippen LogP contribution in [0.3, 0.4) is 0 Å². The van der Waals surface area contributed by atoms with E-state index in [0.717, 1.165) is 6.07 Å². The maximum Gasteiger partial charge on any atom is 0.417 e. The number of halogens is 3. The molecule has 0 amide bonds. The Kier molecular flexibility index (Phi) is 3.99. The fourth-order valence-corrected chi connectivity index (χ4v) is 3.17. The zero-order chi connectivity index (χ0) is 20.1. The lowest BCUT2D eigenvalue weighted by Crippen LogP contribution is -2.20. The quantitative estimate of drug-likeness (QED) is 0.572. The largest absolute Gasteiger partial charge is 0.417 e. The van der Waals surface area contributed by atoms with Crippen LogP contribution in [0.4, 0.5) is 13.2 Å². The van der Waals surface area contributed by atoms with Gasteiger partial charge in [0.1, 0.15) is 0 Å². The number of nitrogens with zero attached hydrogens (tertiary/aromatic N) is 2. The molecule has 0 aliphatic heterocycles. The van der Waals surface area contributed by atoms with Crippen molar-refractivity contribution < 1.29 is 13.2 Å². The molecule has 28 heavy (non-hydrogen) atoms. The molecule has 2 aromatic carbocycles. The predicted molar refractivity (Wildman–Crippen MR) is 99.6 cm³/mol. The molecule has 4 rings (SSSR count). The van der Waals surface area contributed by atoms with Gasteiger partial charge in [0.25, 0.3) is 5.56 Å². The van der Waals surface area contributed by atoms with Crippen LogP contribution < -0.4 is 11.2 Å². The van der Waals surface area contributed by atoms with Gasteiger partial charge in [-0.1, -0.05) is 24.3 Å². The van der Waals surface area contributed by atoms with E-state index < -0.39 is 17.3 Å². The molecule has 4 aromatic rings. The summed E-state index contributed by atoms with van der Waals surface area (Å²) in [7, 11) is 1.61. The van der Waals surface area contributed by atoms with Gasteiger partial charge in [0.15, 0.2) is 0 Å². The first-order valence-electron chi connectivity index (χ1n) is 8.34. The summed E-state index contributed by atoms with van der Waals surface area (Å²) < 4.78 is 42.7. The second-order valence-electron chi connectivity index (χ2n) is 6.39. The summed E-state index contributed by atoms with van der Waals surface area (Å²) in [5.74, 6) is 0. The maximum absolute atomic E-state index is 13.3. The normalized spacial score (nSPS) is 11.9. The van der Waals surface area contributed by atoms with E-state index >= 15 is 0 Å². The van der Waals surface area contributed by atoms with Crippen LogP contribution in [-0.4, -0.2) is 14.1 Å². The van der Waals surface area contributed by atoms with Crippen molar-refractivity contribution in [3.8, 4) is 16.9 Å². The number of aromatic nitrogens is 3. The molecule has 0 aliphatic carbocycles. The molecule has 0 fully saturated rings. The molecule has 0 saturated carbocycles. The number of aryl methyl sites for hydroxylation is 1. The number of alkyl halides is 3. The molecule has 5 nitrogen and oxygen atoms in total. The third-order valence-electron chi connectivity index (χ3n) is 4.58. The van der Waals surface area contributed by atoms with E-state index in [9.17, 15) is 22.8 Å². The summed E-state index contributed by atoms with van der Waals surface area (Å²) in [5.41, 5.74) is -1.15. The van der Waals surface area contributed by atoms with Gasteiger partial charge >= 0.3 is 11.9 Å². The highest BCUT2D eigenvalue weighted by Crippen LogP contribution is 2.36. The van der Waals surface area contributed by atoms with Crippen molar-refractivity contribution in [2.24, 2.45) is 7.05 Å². The number of aromatic amines is 1. The van der Waals surface area contributed by atoms with Gasteiger partial charge in [-0.05, 0) is 29.7 Å². The fourth-order valence-electron chi connectivity index (χ4n) is 3.17. The van der Waals surface area contributed by atoms with Crippen LogP contribution in [-0.2, 0) is 13.2 Å². The molecule has 0 radical (unpaired) electrons. The van der Waals surface area contributed by atoms with Crippen molar-refractivity contribution >= 4 is 10.8 Å². The smallest absolute Gasteiger partial charge is 0.321 e. The molecule has 0 saturated heterocycles. The molecular weight excluding hydrogens is 371 g/mol. The van der Waals surface area contributed by atoms with Gasteiger partial charge in [-0.25, -0.2) is 4.79 Å². The van der Waals surface area contributed by atoms with Crippen LogP contribution in [0.2, 0.25) is 0 Å². The first-order valence-corrected chi connectivity index (χ1v) is 8.34. The molecule has 1 N–H and O–H groups in total. The zero-order valence-electron chi connectivity index (χ0n) is 14.6. The first kappa shape index (κ1) is 17.8. The Hall–Kier alpha value is -3.55. The Morgan fingerprint density at radius 3 is 2.39 bits per heavy atom. The molecule has 0 aliphatic rings. The van der Waals surface area contributed by atoms with Crippen molar-refractivity contribution in [2.45, 2.75) is 6.18 Å². The van der Waals surface area contributed by atoms with Crippen molar-refractivity contribution in [1.82, 2.24) is 14.1 Å². The number of H-pyrrole nitrogens is 1. The van der Waals surface area contributed by atoms with Gasteiger partial charge in [-0.15, -0.1) is 0 Å². The summed E-state index contributed by atoms with van der Waals surface area (Å²) in [4.78, 5) is 27.2. The predicted octanol–water partition coefficient (Wildman–Crippen LogP) is 3.70. The second kappa shape index (κ2) is 6.26. The minimum atomic E-state index is -4.54. The van der Waals surface area contributed by atoms with Crippen LogP contribution in [0.25, 0.3) is 27.7 Å². The van der Waals surface area contributed by atoms with Crippen LogP contribution in [0.5, 0.6) is 0 Å². The monoisotopic (exact) mass is 385 g/mol. The maximum atomic E-state index is 13.3. The number of imidazole rings is 1. The number of rotatable bonds is 2. The van der Waals surface area contributed by atoms with Gasteiger partial charge in [0.2, 0.25) is 0 Å². The first-order chi connectivity index (χ1) is 13.3. The van der Waals surface area contributed by atoms with Gasteiger partial charge < -0.3 is 9.55 Å². The lowest BCUT2D eigenvalue weighted by atomic mass is 10.0. The van der Waals surface area contributed by atoms with E-state index in [1.165, 1.54) is 39.5 Å². The Balaban J connectivity index is 1.90. The Morgan fingerprint density at radius 2 is 1.71 bits per heavy atom. The summed E-state index contributed by atoms with van der Waals surface area (Å²) in [6.07, 6.45) is -1.37. The highest BCUT2D eigenvalue weighted by atomic mass is 19.4. The van der Waals surface area contributed by atoms with E-state index in [-0.39, 0.29) is 22.3 Å². The summed E-state index contributed by atoms with van der Waals surface area (Å²) >= 11 is 0. The summed E-state index contributed by atoms with van der Waals surface area (Å²) in [6, 6.07) is 11.4. The van der Waals surface area contributed by atoms with Crippen molar-refractivity contribution in [3.05, 3.63) is 87.3 Å². The summed E-state index contributed by atoms with van der Waals surface area (Å²) in [5, 5.41) is 0.755. The minimum absolute atomic E-state index is 0.0788. The number of nitrogens with one attached hydrogen (secondary N) is 1. The molecule has 0 unspecified atom stereocenters. The molecule has 2 aromatic heterocycles. The molecule has 2 heterocycles. The van der Waals surface area contributed by atoms with Crippen molar-refractivity contribution in [3.63, 3.8) is 0 Å². The Morgan fingerprint density at radius 1 is 0.964 bits per heavy atom. The SMILES string of the molecule is Cn1ccn(-c2ccc3cc(-c4ccccc4C(F)(F)F)[nH]c(=O)c3c2)c1=O. The molecule has 142 valence electrons. The highest BCUT2D eigenvalue weighted by Gasteiger charge is 2.33. The summed E-state index contributed by atoms with van der Waals surface area (Å²) in [6.45, 7) is 0. The van der Waals surface area contributed by atoms with E-state index in [0.29, 0.717) is 11.1 Å². The van der Waals surface area contributed by atoms with E-state index in [1.807, 2.05) is 0 Å². The van der Waals surface area contributed by atoms with Gasteiger partial charge in [-0.3, -0.25) is 9.36 Å². The van der Waals surface area contributed by atoms with Gasteiger partial charge in [-0.2, -0.15) is 13.2 Å². The van der Waals surface area contributed by atoms with Crippen LogP contribution in [0.15, 0.2) is 70.5 Å². The fraction of sp³-hybridized carbons (Fsp3) is 0.100. The molecule has 8 heteroatoms. The van der Waals surface area contributed by atoms with Gasteiger partial charge in [0, 0.05) is 36.1 Å². The highest BCUT2D eigenvalue weighted by molar-refractivity contribution is 5.87. The Labute approximate surface area is 156 Å². The Bertz CT molecular complexity index is 1310. The topological polar surface area (TPSA) is 59.8 Å². The second-order valence-corrected chi connectivity index (χ2v) is 6.39. The number of benzene rings is 2. The molecule has 0 spiro atoms. The lowest BCUT2D eigenvalue weighted by molar-refractivity contribution is -0.137. The zero-order valence-corrected chi connectivity index (χ0v) is 14.6. The third-order valence-corrected chi connectivity index (χ3v) is 4.58. The van der Waals surface area contributed by atoms with Crippen LogP contribution in [0.1, 0.15) is 5.56 Å². The average molecular weight is 385 g/mol. The number of pyridine rings is 1. The number of fused-ring (bicyclic) bond motifs is 1. The standard InChI is InChI=1S/C20H14F3N3O2/c1-25-8-9-26(19(25)28)13-7-6-12-10-17(24-18(27)15(12)11-13)14-4-2-3-5-16(14)20(21,22)23/h2-11H,1H3,(H,24,27). The van der Waals surface area contributed by atoms with Crippen molar-refractivity contribution in [2.75, 3.05) is 0 Å². The average Bonchev–Trinajstić information content (AvgIpc) is 2.99. The van der Waals surface area contributed by atoms with Gasteiger partial charge in [0.05, 0.1) is 11.3 Å². The third kappa shape index (κ3) is 2.92. The van der Waals surface area contributed by atoms with E-state index in [1.54, 1.807) is 31.6 Å². The van der Waals surface area contributed by atoms with E-state index in [4.69, 9.17) is 0 Å². The van der Waals surface area contributed by atoms with E-state index in [2.05, 4.69) is 4.98 Å². The number of hydrogen-bond acceptors (Lipinski definition) is 2. The molecule has 0 atom stereocenters. The minimum Gasteiger partial charge on any atom is -0.321 e. The molecule has 0 bridgehead atoms. The number of hydrogen-bond donors (Lipinski definition) is 1. The van der Waals surface area contributed by atoms with Crippen LogP contribution in [0, 0.1) is 0 Å². The molecular formula is C20H14F3N3O2. The van der Waals surface area contributed by atoms with Crippen LogP contribution >= 0.6 is 0 Å². The lowest BCUT2D eigenvalue weighted by Gasteiger charge is -2.13.